The van der Waals surface area contributed by atoms with E-state index in [0.29, 0.717) is 0 Å². The fourth-order valence-corrected chi connectivity index (χ4v) is 8.32. The molecule has 0 amide bonds. The van der Waals surface area contributed by atoms with Gasteiger partial charge in [-0.3, -0.25) is 0 Å². The minimum absolute atomic E-state index is 0.455. The topological polar surface area (TPSA) is 0 Å². The maximum atomic E-state index is 3.72. The Labute approximate surface area is 290 Å². The largest absolute Gasteiger partial charge is 0.168 e. The molecule has 0 fully saturated rings. The smallest absolute Gasteiger partial charge is 0.0809 e. The Morgan fingerprint density at radius 1 is 0.370 bits per heavy atom. The van der Waals surface area contributed by atoms with Crippen LogP contribution in [0.25, 0.3) is 21.5 Å². The molecule has 0 atom stereocenters. The van der Waals surface area contributed by atoms with Gasteiger partial charge in [-0.2, -0.15) is 84.3 Å². The van der Waals surface area contributed by atoms with E-state index in [1.807, 2.05) is 60.7 Å². The Morgan fingerprint density at radius 2 is 0.674 bits per heavy atom. The van der Waals surface area contributed by atoms with Crippen molar-refractivity contribution < 1.29 is 23.3 Å². The molecule has 0 heterocycles. The molecule has 0 saturated carbocycles. The second-order valence-electron chi connectivity index (χ2n) is 10.4. The average Bonchev–Trinajstić information content (AvgIpc) is 3.81. The van der Waals surface area contributed by atoms with Gasteiger partial charge in [-0.15, -0.1) is 83.6 Å². The maximum Gasteiger partial charge on any atom is -0.0809 e. The first kappa shape index (κ1) is 34.3. The molecule has 8 rings (SSSR count). The summed E-state index contributed by atoms with van der Waals surface area (Å²) >= 11 is 1.64. The first-order valence-electron chi connectivity index (χ1n) is 15.2. The van der Waals surface area contributed by atoms with Gasteiger partial charge in [0.05, 0.1) is 0 Å². The van der Waals surface area contributed by atoms with Crippen LogP contribution in [-0.4, -0.2) is 5.43 Å². The molecule has 2 heteroatoms. The third-order valence-electron chi connectivity index (χ3n) is 6.91. The normalized spacial score (nSPS) is 9.54. The van der Waals surface area contributed by atoms with Gasteiger partial charge in [-0.1, -0.05) is 24.3 Å². The molecule has 0 spiro atoms. The van der Waals surface area contributed by atoms with Crippen molar-refractivity contribution in [2.75, 3.05) is 0 Å². The van der Waals surface area contributed by atoms with Crippen molar-refractivity contribution in [2.24, 2.45) is 0 Å². The second-order valence-corrected chi connectivity index (χ2v) is 16.0. The molecule has 0 N–H and O–H groups in total. The molecular formula is C44H38SiZr-4. The Hall–Kier alpha value is -4.62. The van der Waals surface area contributed by atoms with Crippen LogP contribution in [0.5, 0.6) is 0 Å². The number of rotatable bonds is 2. The van der Waals surface area contributed by atoms with Gasteiger partial charge in [0.2, 0.25) is 0 Å². The van der Waals surface area contributed by atoms with Crippen LogP contribution >= 0.6 is 0 Å². The Kier molecular flexibility index (Phi) is 14.7. The second kappa shape index (κ2) is 19.7. The van der Waals surface area contributed by atoms with Crippen LogP contribution in [0, 0.1) is 13.8 Å². The van der Waals surface area contributed by atoms with Crippen LogP contribution < -0.4 is 10.4 Å². The van der Waals surface area contributed by atoms with Gasteiger partial charge >= 0.3 is 99.8 Å². The van der Waals surface area contributed by atoms with Crippen LogP contribution in [0.2, 0.25) is 0 Å². The van der Waals surface area contributed by atoms with E-state index >= 15 is 0 Å². The Bertz CT molecular complexity index is 1750. The van der Waals surface area contributed by atoms with E-state index in [4.69, 9.17) is 0 Å². The predicted molar refractivity (Wildman–Crippen MR) is 199 cm³/mol. The standard InChI is InChI=1S/C12H10Si.2C9H7.2C7H7.Zr/c1-3-7-11(8-4-1)13-12-9-5-2-6-10-12;2*1-2-5-9-7-3-6-8(9)4-1;2*1-7-5-3-2-4-6-7;/h1-10H;2*1-7H;2*2-6H,1H2;/q;4*-1;. The van der Waals surface area contributed by atoms with Gasteiger partial charge in [0.1, 0.15) is 0 Å². The molecule has 0 saturated heterocycles. The van der Waals surface area contributed by atoms with E-state index in [2.05, 4.69) is 159 Å². The van der Waals surface area contributed by atoms with Crippen molar-refractivity contribution in [3.63, 3.8) is 0 Å². The van der Waals surface area contributed by atoms with Crippen LogP contribution in [0.4, 0.5) is 0 Å². The van der Waals surface area contributed by atoms with Crippen molar-refractivity contribution in [2.45, 2.75) is 0 Å². The summed E-state index contributed by atoms with van der Waals surface area (Å²) in [6.45, 7) is 7.44. The third kappa shape index (κ3) is 12.1. The maximum absolute atomic E-state index is 3.72. The fourth-order valence-electron chi connectivity index (χ4n) is 4.47. The van der Waals surface area contributed by atoms with Crippen molar-refractivity contribution >= 4 is 37.4 Å². The summed E-state index contributed by atoms with van der Waals surface area (Å²) in [5.74, 6) is 0. The zero-order valence-corrected chi connectivity index (χ0v) is 29.5. The van der Waals surface area contributed by atoms with Crippen molar-refractivity contribution in [3.05, 3.63) is 231 Å². The molecule has 46 heavy (non-hydrogen) atoms. The number of fused-ring (bicyclic) bond motifs is 2. The molecular weight excluding hydrogens is 648 g/mol. The van der Waals surface area contributed by atoms with Crippen LogP contribution in [-0.2, 0) is 23.3 Å². The van der Waals surface area contributed by atoms with Gasteiger partial charge in [0.15, 0.2) is 0 Å². The molecule has 0 aliphatic carbocycles. The summed E-state index contributed by atoms with van der Waals surface area (Å²) in [6, 6.07) is 70.8. The van der Waals surface area contributed by atoms with E-state index in [1.54, 1.807) is 23.3 Å². The zero-order chi connectivity index (χ0) is 32.2. The summed E-state index contributed by atoms with van der Waals surface area (Å²) in [5, 5.41) is 8.36. The SMILES string of the molecule is [CH2-]c1ccccc1.[CH2-]c1ccccc1.[Zr]=[Si](c1ccccc1)c1ccccc1.c1ccc2[cH-]ccc2c1.c1ccc2[cH-]ccc2c1. The fraction of sp³-hybridized carbons (Fsp3) is 0. The summed E-state index contributed by atoms with van der Waals surface area (Å²) in [6.07, 6.45) is 0. The van der Waals surface area contributed by atoms with Crippen molar-refractivity contribution in [1.82, 2.24) is 0 Å². The number of hydrogen-bond acceptors (Lipinski definition) is 0. The molecule has 0 radical (unpaired) electrons. The third-order valence-corrected chi connectivity index (χ3v) is 13.0. The number of hydrogen-bond donors (Lipinski definition) is 0. The molecule has 0 nitrogen and oxygen atoms in total. The van der Waals surface area contributed by atoms with E-state index in [1.165, 1.54) is 31.9 Å². The van der Waals surface area contributed by atoms with Crippen LogP contribution in [0.3, 0.4) is 0 Å². The van der Waals surface area contributed by atoms with E-state index < -0.39 is 5.43 Å². The molecule has 0 aliphatic heterocycles. The minimum atomic E-state index is -0.455. The first-order valence-corrected chi connectivity index (χ1v) is 20.4. The van der Waals surface area contributed by atoms with Gasteiger partial charge in [-0.25, -0.2) is 0 Å². The van der Waals surface area contributed by atoms with Gasteiger partial charge in [0, 0.05) is 0 Å². The zero-order valence-electron chi connectivity index (χ0n) is 26.0. The molecule has 8 aromatic carbocycles. The number of benzene rings is 6. The van der Waals surface area contributed by atoms with E-state index in [9.17, 15) is 0 Å². The van der Waals surface area contributed by atoms with Gasteiger partial charge < -0.3 is 0 Å². The summed E-state index contributed by atoms with van der Waals surface area (Å²) in [7, 11) is 0. The predicted octanol–water partition coefficient (Wildman–Crippen LogP) is 10.2. The van der Waals surface area contributed by atoms with Crippen molar-refractivity contribution in [3.8, 4) is 0 Å². The minimum Gasteiger partial charge on any atom is -0.168 e. The molecule has 8 aromatic rings. The first-order chi connectivity index (χ1) is 22.6. The molecule has 0 unspecified atom stereocenters. The quantitative estimate of drug-likeness (QED) is 0.126. The van der Waals surface area contributed by atoms with Gasteiger partial charge in [-0.05, 0) is 0 Å². The summed E-state index contributed by atoms with van der Waals surface area (Å²) in [5.41, 5.74) is 1.69. The molecule has 226 valence electrons. The Morgan fingerprint density at radius 3 is 0.978 bits per heavy atom. The van der Waals surface area contributed by atoms with E-state index in [0.717, 1.165) is 11.1 Å². The summed E-state index contributed by atoms with van der Waals surface area (Å²) < 4.78 is 0. The summed E-state index contributed by atoms with van der Waals surface area (Å²) in [4.78, 5) is 0. The molecule has 0 bridgehead atoms. The average molecular weight is 686 g/mol. The van der Waals surface area contributed by atoms with E-state index in [-0.39, 0.29) is 0 Å². The van der Waals surface area contributed by atoms with Crippen LogP contribution in [0.15, 0.2) is 206 Å². The van der Waals surface area contributed by atoms with Crippen molar-refractivity contribution in [1.29, 1.82) is 0 Å². The van der Waals surface area contributed by atoms with Crippen LogP contribution in [0.1, 0.15) is 11.1 Å². The van der Waals surface area contributed by atoms with Gasteiger partial charge in [0.25, 0.3) is 0 Å². The monoisotopic (exact) mass is 684 g/mol. The molecule has 0 aliphatic rings. The molecule has 0 aromatic heterocycles. The Balaban J connectivity index is 0.000000134.